The number of hydrogen-bond donors (Lipinski definition) is 0. The molecule has 6 rings (SSSR count). The van der Waals surface area contributed by atoms with Gasteiger partial charge in [-0.3, -0.25) is 0 Å². The summed E-state index contributed by atoms with van der Waals surface area (Å²) >= 11 is 3.63. The molecule has 0 amide bonds. The standard InChI is InChI=1S/C24H14BrNO/c25-15-6-5-7-16(14-15)26-20-10-3-1-8-17(20)18-12-13-22-23(24(18)26)19-9-2-4-11-21(19)27-22/h1-14H. The second kappa shape index (κ2) is 5.48. The van der Waals surface area contributed by atoms with Crippen LogP contribution in [0.2, 0.25) is 0 Å². The maximum absolute atomic E-state index is 6.15. The fourth-order valence-corrected chi connectivity index (χ4v) is 4.54. The second-order valence-electron chi connectivity index (χ2n) is 6.77. The van der Waals surface area contributed by atoms with E-state index in [1.807, 2.05) is 12.1 Å². The summed E-state index contributed by atoms with van der Waals surface area (Å²) in [6.45, 7) is 0. The van der Waals surface area contributed by atoms with Gasteiger partial charge in [0.05, 0.1) is 16.4 Å². The molecule has 3 heteroatoms. The summed E-state index contributed by atoms with van der Waals surface area (Å²) in [4.78, 5) is 0. The number of furan rings is 1. The van der Waals surface area contributed by atoms with Gasteiger partial charge in [-0.15, -0.1) is 0 Å². The van der Waals surface area contributed by atoms with Gasteiger partial charge in [0, 0.05) is 26.3 Å². The number of para-hydroxylation sites is 2. The van der Waals surface area contributed by atoms with Gasteiger partial charge in [0.1, 0.15) is 11.2 Å². The van der Waals surface area contributed by atoms with Crippen LogP contribution in [0.4, 0.5) is 0 Å². The van der Waals surface area contributed by atoms with E-state index in [1.165, 1.54) is 27.2 Å². The summed E-state index contributed by atoms with van der Waals surface area (Å²) < 4.78 is 9.56. The molecule has 6 aromatic rings. The van der Waals surface area contributed by atoms with E-state index >= 15 is 0 Å². The number of benzene rings is 4. The van der Waals surface area contributed by atoms with Crippen LogP contribution < -0.4 is 0 Å². The van der Waals surface area contributed by atoms with Gasteiger partial charge in [-0.1, -0.05) is 58.4 Å². The van der Waals surface area contributed by atoms with Gasteiger partial charge in [0.25, 0.3) is 0 Å². The first-order chi connectivity index (χ1) is 13.3. The molecule has 0 bridgehead atoms. The van der Waals surface area contributed by atoms with Crippen LogP contribution in [0.5, 0.6) is 0 Å². The predicted octanol–water partition coefficient (Wildman–Crippen LogP) is 7.45. The van der Waals surface area contributed by atoms with Crippen LogP contribution in [0.1, 0.15) is 0 Å². The molecular formula is C24H14BrNO. The van der Waals surface area contributed by atoms with Crippen LogP contribution in [0.15, 0.2) is 93.8 Å². The van der Waals surface area contributed by atoms with E-state index in [0.29, 0.717) is 0 Å². The summed E-state index contributed by atoms with van der Waals surface area (Å²) in [5.41, 5.74) is 5.36. The fourth-order valence-electron chi connectivity index (χ4n) is 4.15. The molecule has 27 heavy (non-hydrogen) atoms. The lowest BCUT2D eigenvalue weighted by Crippen LogP contribution is -1.93. The van der Waals surface area contributed by atoms with Gasteiger partial charge in [-0.25, -0.2) is 0 Å². The molecule has 0 saturated heterocycles. The summed E-state index contributed by atoms with van der Waals surface area (Å²) in [6.07, 6.45) is 0. The number of fused-ring (bicyclic) bond motifs is 7. The van der Waals surface area contributed by atoms with Crippen molar-refractivity contribution in [2.75, 3.05) is 0 Å². The van der Waals surface area contributed by atoms with Crippen LogP contribution in [-0.4, -0.2) is 4.57 Å². The summed E-state index contributed by atoms with van der Waals surface area (Å²) in [7, 11) is 0. The lowest BCUT2D eigenvalue weighted by molar-refractivity contribution is 0.669. The Morgan fingerprint density at radius 3 is 2.37 bits per heavy atom. The van der Waals surface area contributed by atoms with Crippen molar-refractivity contribution < 1.29 is 4.42 Å². The average molecular weight is 412 g/mol. The third-order valence-corrected chi connectivity index (χ3v) is 5.73. The highest BCUT2D eigenvalue weighted by Crippen LogP contribution is 2.40. The average Bonchev–Trinajstić information content (AvgIpc) is 3.23. The lowest BCUT2D eigenvalue weighted by Gasteiger charge is -2.09. The lowest BCUT2D eigenvalue weighted by atomic mass is 10.1. The molecule has 0 N–H and O–H groups in total. The molecule has 0 unspecified atom stereocenters. The summed E-state index contributed by atoms with van der Waals surface area (Å²) in [5, 5.41) is 4.81. The van der Waals surface area contributed by atoms with Crippen molar-refractivity contribution in [3.8, 4) is 5.69 Å². The Morgan fingerprint density at radius 2 is 1.48 bits per heavy atom. The summed E-state index contributed by atoms with van der Waals surface area (Å²) in [5.74, 6) is 0. The Hall–Kier alpha value is -3.04. The molecule has 2 aromatic heterocycles. The number of nitrogens with zero attached hydrogens (tertiary/aromatic N) is 1. The van der Waals surface area contributed by atoms with E-state index in [1.54, 1.807) is 0 Å². The zero-order valence-corrected chi connectivity index (χ0v) is 15.9. The highest BCUT2D eigenvalue weighted by molar-refractivity contribution is 9.10. The fraction of sp³-hybridized carbons (Fsp3) is 0. The second-order valence-corrected chi connectivity index (χ2v) is 7.68. The summed E-state index contributed by atoms with van der Waals surface area (Å²) in [6, 6.07) is 29.6. The Morgan fingerprint density at radius 1 is 0.667 bits per heavy atom. The molecular weight excluding hydrogens is 398 g/mol. The van der Waals surface area contributed by atoms with Crippen molar-refractivity contribution in [3.05, 3.63) is 89.4 Å². The van der Waals surface area contributed by atoms with E-state index in [-0.39, 0.29) is 0 Å². The Labute approximate surface area is 163 Å². The van der Waals surface area contributed by atoms with E-state index < -0.39 is 0 Å². The van der Waals surface area contributed by atoms with Crippen molar-refractivity contribution in [3.63, 3.8) is 0 Å². The van der Waals surface area contributed by atoms with E-state index in [2.05, 4.69) is 93.3 Å². The number of hydrogen-bond acceptors (Lipinski definition) is 1. The maximum atomic E-state index is 6.15. The van der Waals surface area contributed by atoms with Gasteiger partial charge in [0.2, 0.25) is 0 Å². The van der Waals surface area contributed by atoms with Crippen LogP contribution in [0, 0.1) is 0 Å². The topological polar surface area (TPSA) is 18.1 Å². The van der Waals surface area contributed by atoms with Crippen LogP contribution in [0.25, 0.3) is 49.4 Å². The molecule has 4 aromatic carbocycles. The minimum absolute atomic E-state index is 0.919. The first-order valence-electron chi connectivity index (χ1n) is 8.90. The minimum atomic E-state index is 0.919. The van der Waals surface area contributed by atoms with Crippen LogP contribution in [-0.2, 0) is 0 Å². The smallest absolute Gasteiger partial charge is 0.137 e. The van der Waals surface area contributed by atoms with Crippen LogP contribution in [0.3, 0.4) is 0 Å². The zero-order chi connectivity index (χ0) is 18.0. The van der Waals surface area contributed by atoms with Gasteiger partial charge in [-0.2, -0.15) is 0 Å². The number of aromatic nitrogens is 1. The molecule has 2 nitrogen and oxygen atoms in total. The zero-order valence-electron chi connectivity index (χ0n) is 14.3. The molecule has 0 aliphatic carbocycles. The molecule has 0 atom stereocenters. The molecule has 0 radical (unpaired) electrons. The SMILES string of the molecule is Brc1cccc(-n2c3ccccc3c3ccc4oc5ccccc5c4c32)c1. The Bertz CT molecular complexity index is 1490. The van der Waals surface area contributed by atoms with Gasteiger partial charge >= 0.3 is 0 Å². The van der Waals surface area contributed by atoms with E-state index in [4.69, 9.17) is 4.42 Å². The van der Waals surface area contributed by atoms with Crippen molar-refractivity contribution in [2.45, 2.75) is 0 Å². The first-order valence-corrected chi connectivity index (χ1v) is 9.70. The van der Waals surface area contributed by atoms with Crippen molar-refractivity contribution in [1.29, 1.82) is 0 Å². The third kappa shape index (κ3) is 2.06. The van der Waals surface area contributed by atoms with Crippen molar-refractivity contribution in [1.82, 2.24) is 4.57 Å². The monoisotopic (exact) mass is 411 g/mol. The third-order valence-electron chi connectivity index (χ3n) is 5.24. The minimum Gasteiger partial charge on any atom is -0.456 e. The quantitative estimate of drug-likeness (QED) is 0.274. The molecule has 128 valence electrons. The Kier molecular flexibility index (Phi) is 3.06. The predicted molar refractivity (Wildman–Crippen MR) is 116 cm³/mol. The normalized spacial score (nSPS) is 11.9. The Balaban J connectivity index is 1.94. The van der Waals surface area contributed by atoms with Gasteiger partial charge < -0.3 is 8.98 Å². The molecule has 0 spiro atoms. The number of rotatable bonds is 1. The largest absolute Gasteiger partial charge is 0.456 e. The van der Waals surface area contributed by atoms with E-state index in [9.17, 15) is 0 Å². The molecule has 0 fully saturated rings. The number of halogens is 1. The highest BCUT2D eigenvalue weighted by Gasteiger charge is 2.18. The van der Waals surface area contributed by atoms with E-state index in [0.717, 1.165) is 26.7 Å². The molecule has 0 saturated carbocycles. The van der Waals surface area contributed by atoms with Crippen LogP contribution >= 0.6 is 15.9 Å². The van der Waals surface area contributed by atoms with Gasteiger partial charge in [-0.05, 0) is 42.5 Å². The molecule has 0 aliphatic heterocycles. The highest BCUT2D eigenvalue weighted by atomic mass is 79.9. The maximum Gasteiger partial charge on any atom is 0.137 e. The van der Waals surface area contributed by atoms with Crippen molar-refractivity contribution >= 4 is 59.7 Å². The van der Waals surface area contributed by atoms with Gasteiger partial charge in [0.15, 0.2) is 0 Å². The molecule has 2 heterocycles. The molecule has 0 aliphatic rings. The van der Waals surface area contributed by atoms with Crippen molar-refractivity contribution in [2.24, 2.45) is 0 Å². The first kappa shape index (κ1) is 15.1.